The van der Waals surface area contributed by atoms with E-state index in [1.54, 1.807) is 13.8 Å². The van der Waals surface area contributed by atoms with E-state index in [9.17, 15) is 33.9 Å². The molecule has 0 aliphatic rings. The maximum atomic E-state index is 12.5. The van der Waals surface area contributed by atoms with E-state index in [4.69, 9.17) is 15.9 Å². The number of hydrogen-bond acceptors (Lipinski definition) is 7. The molecule has 0 aromatic heterocycles. The van der Waals surface area contributed by atoms with Crippen LogP contribution in [0.4, 0.5) is 0 Å². The fourth-order valence-corrected chi connectivity index (χ4v) is 2.41. The molecule has 0 aliphatic heterocycles. The van der Waals surface area contributed by atoms with Crippen molar-refractivity contribution in [3.05, 3.63) is 0 Å². The number of nitrogens with two attached hydrogens (primary N) is 1. The van der Waals surface area contributed by atoms with Gasteiger partial charge in [-0.2, -0.15) is 0 Å². The van der Waals surface area contributed by atoms with Gasteiger partial charge in [0.25, 0.3) is 0 Å². The normalized spacial score (nSPS) is 13.6. The lowest BCUT2D eigenvalue weighted by Gasteiger charge is -2.24. The van der Waals surface area contributed by atoms with Crippen molar-refractivity contribution in [3.63, 3.8) is 0 Å². The van der Waals surface area contributed by atoms with Crippen molar-refractivity contribution in [1.82, 2.24) is 16.0 Å². The van der Waals surface area contributed by atoms with Crippen LogP contribution in [0.25, 0.3) is 0 Å². The van der Waals surface area contributed by atoms with Crippen LogP contribution in [0.15, 0.2) is 0 Å². The van der Waals surface area contributed by atoms with Gasteiger partial charge in [-0.25, -0.2) is 4.79 Å². The lowest BCUT2D eigenvalue weighted by Crippen LogP contribution is -2.56. The van der Waals surface area contributed by atoms with Gasteiger partial charge in [0.15, 0.2) is 0 Å². The summed E-state index contributed by atoms with van der Waals surface area (Å²) in [6.45, 7) is 2.98. The number of aliphatic carboxylic acids is 3. The van der Waals surface area contributed by atoms with Crippen molar-refractivity contribution in [2.24, 2.45) is 11.7 Å². The van der Waals surface area contributed by atoms with Crippen molar-refractivity contribution in [1.29, 1.82) is 0 Å². The molecule has 0 saturated heterocycles. The third-order valence-corrected chi connectivity index (χ3v) is 3.82. The summed E-state index contributed by atoms with van der Waals surface area (Å²) in [5.74, 6) is -6.91. The molecule has 8 N–H and O–H groups in total. The fourth-order valence-electron chi connectivity index (χ4n) is 2.41. The van der Waals surface area contributed by atoms with E-state index in [2.05, 4.69) is 16.0 Å². The van der Waals surface area contributed by atoms with Gasteiger partial charge in [0.2, 0.25) is 17.7 Å². The van der Waals surface area contributed by atoms with E-state index in [1.807, 2.05) is 0 Å². The van der Waals surface area contributed by atoms with Gasteiger partial charge in [0, 0.05) is 6.42 Å². The minimum absolute atomic E-state index is 0.0720. The summed E-state index contributed by atoms with van der Waals surface area (Å²) in [6.07, 6.45) is -1.61. The molecule has 30 heavy (non-hydrogen) atoms. The Bertz CT molecular complexity index is 666. The molecule has 3 amide bonds. The number of nitrogens with one attached hydrogen (secondary N) is 3. The first-order valence-corrected chi connectivity index (χ1v) is 9.13. The Morgan fingerprint density at radius 3 is 1.77 bits per heavy atom. The van der Waals surface area contributed by atoms with Crippen LogP contribution in [0.2, 0.25) is 0 Å². The summed E-state index contributed by atoms with van der Waals surface area (Å²) in [5.41, 5.74) is 5.16. The van der Waals surface area contributed by atoms with Crippen molar-refractivity contribution < 1.29 is 44.1 Å². The lowest BCUT2D eigenvalue weighted by atomic mass is 10.0. The first kappa shape index (κ1) is 26.8. The van der Waals surface area contributed by atoms with Crippen molar-refractivity contribution >= 4 is 35.6 Å². The topological polar surface area (TPSA) is 225 Å². The summed E-state index contributed by atoms with van der Waals surface area (Å²) in [4.78, 5) is 69.5. The molecule has 3 atom stereocenters. The number of amides is 3. The summed E-state index contributed by atoms with van der Waals surface area (Å²) >= 11 is 0. The molecule has 0 aromatic carbocycles. The molecule has 13 nitrogen and oxygen atoms in total. The summed E-state index contributed by atoms with van der Waals surface area (Å²) < 4.78 is 0. The number of rotatable bonds is 14. The Labute approximate surface area is 172 Å². The number of carbonyl (C=O) groups is 6. The fraction of sp³-hybridized carbons (Fsp3) is 0.647. The quantitative estimate of drug-likeness (QED) is 0.158. The number of hydrogen-bond donors (Lipinski definition) is 7. The van der Waals surface area contributed by atoms with Gasteiger partial charge in [-0.3, -0.25) is 24.0 Å². The van der Waals surface area contributed by atoms with E-state index in [0.717, 1.165) is 0 Å². The number of carbonyl (C=O) groups excluding carboxylic acids is 3. The van der Waals surface area contributed by atoms with E-state index in [1.165, 1.54) is 0 Å². The molecule has 0 radical (unpaired) electrons. The highest BCUT2D eigenvalue weighted by Gasteiger charge is 2.31. The third-order valence-electron chi connectivity index (χ3n) is 3.82. The van der Waals surface area contributed by atoms with Crippen LogP contribution in [-0.4, -0.2) is 75.6 Å². The predicted octanol–water partition coefficient (Wildman–Crippen LogP) is -2.13. The van der Waals surface area contributed by atoms with E-state index >= 15 is 0 Å². The average molecular weight is 432 g/mol. The first-order valence-electron chi connectivity index (χ1n) is 9.13. The monoisotopic (exact) mass is 432 g/mol. The predicted molar refractivity (Wildman–Crippen MR) is 101 cm³/mol. The molecule has 0 heterocycles. The Kier molecular flexibility index (Phi) is 11.7. The minimum atomic E-state index is -1.65. The molecule has 0 aliphatic carbocycles. The Hall–Kier alpha value is -3.22. The number of carboxylic acids is 3. The molecule has 3 unspecified atom stereocenters. The molecule has 0 saturated carbocycles. The van der Waals surface area contributed by atoms with Crippen LogP contribution >= 0.6 is 0 Å². The largest absolute Gasteiger partial charge is 0.481 e. The number of carboxylic acid groups (broad SMARTS) is 3. The van der Waals surface area contributed by atoms with E-state index in [-0.39, 0.29) is 18.8 Å². The zero-order chi connectivity index (χ0) is 23.4. The van der Waals surface area contributed by atoms with Crippen molar-refractivity contribution in [2.45, 2.75) is 57.7 Å². The van der Waals surface area contributed by atoms with Crippen LogP contribution in [0.1, 0.15) is 39.5 Å². The van der Waals surface area contributed by atoms with Crippen LogP contribution in [0.3, 0.4) is 0 Å². The van der Waals surface area contributed by atoms with Crippen LogP contribution in [0.5, 0.6) is 0 Å². The molecule has 170 valence electrons. The van der Waals surface area contributed by atoms with Gasteiger partial charge in [0.1, 0.15) is 18.1 Å². The van der Waals surface area contributed by atoms with Crippen molar-refractivity contribution in [3.8, 4) is 0 Å². The summed E-state index contributed by atoms with van der Waals surface area (Å²) in [6, 6.07) is -4.33. The average Bonchev–Trinajstić information content (AvgIpc) is 2.62. The smallest absolute Gasteiger partial charge is 0.326 e. The Morgan fingerprint density at radius 2 is 1.33 bits per heavy atom. The van der Waals surface area contributed by atoms with E-state index < -0.39 is 73.1 Å². The molecule has 0 fully saturated rings. The lowest BCUT2D eigenvalue weighted by molar-refractivity contribution is -0.144. The van der Waals surface area contributed by atoms with Gasteiger partial charge in [0.05, 0.1) is 13.0 Å². The second-order valence-corrected chi connectivity index (χ2v) is 6.94. The highest BCUT2D eigenvalue weighted by Crippen LogP contribution is 2.07. The second-order valence-electron chi connectivity index (χ2n) is 6.94. The molecule has 0 bridgehead atoms. The third kappa shape index (κ3) is 10.9. The van der Waals surface area contributed by atoms with E-state index in [0.29, 0.717) is 0 Å². The SMILES string of the molecule is CC(C)CC(NC(=O)C(CC(=O)O)NC(=O)C(CCC(=O)O)NC(=O)CN)C(=O)O. The van der Waals surface area contributed by atoms with Gasteiger partial charge in [-0.05, 0) is 18.8 Å². The molecule has 13 heteroatoms. The zero-order valence-corrected chi connectivity index (χ0v) is 16.7. The summed E-state index contributed by atoms with van der Waals surface area (Å²) in [7, 11) is 0. The summed E-state index contributed by atoms with van der Waals surface area (Å²) in [5, 5.41) is 33.5. The maximum absolute atomic E-state index is 12.5. The highest BCUT2D eigenvalue weighted by atomic mass is 16.4. The minimum Gasteiger partial charge on any atom is -0.481 e. The molecule has 0 rings (SSSR count). The van der Waals surface area contributed by atoms with Gasteiger partial charge < -0.3 is 37.0 Å². The van der Waals surface area contributed by atoms with Gasteiger partial charge in [-0.15, -0.1) is 0 Å². The van der Waals surface area contributed by atoms with Crippen molar-refractivity contribution in [2.75, 3.05) is 6.54 Å². The van der Waals surface area contributed by atoms with Crippen LogP contribution in [-0.2, 0) is 28.8 Å². The first-order chi connectivity index (χ1) is 13.9. The van der Waals surface area contributed by atoms with Crippen LogP contribution < -0.4 is 21.7 Å². The molecule has 0 aromatic rings. The zero-order valence-electron chi connectivity index (χ0n) is 16.7. The van der Waals surface area contributed by atoms with Gasteiger partial charge in [-0.1, -0.05) is 13.8 Å². The second kappa shape index (κ2) is 13.1. The van der Waals surface area contributed by atoms with Gasteiger partial charge >= 0.3 is 17.9 Å². The maximum Gasteiger partial charge on any atom is 0.326 e. The van der Waals surface area contributed by atoms with Crippen LogP contribution in [0, 0.1) is 5.92 Å². The standard InChI is InChI=1S/C17H28N4O9/c1-8(2)5-11(17(29)30)21-16(28)10(6-14(25)26)20-15(27)9(3-4-13(23)24)19-12(22)7-18/h8-11H,3-7,18H2,1-2H3,(H,19,22)(H,20,27)(H,21,28)(H,23,24)(H,25,26)(H,29,30). The Morgan fingerprint density at radius 1 is 0.800 bits per heavy atom. The molecular formula is C17H28N4O9. The Balaban J connectivity index is 5.41. The molecule has 0 spiro atoms. The highest BCUT2D eigenvalue weighted by molar-refractivity contribution is 5.95. The molecular weight excluding hydrogens is 404 g/mol.